The number of rotatable bonds is 2. The predicted octanol–water partition coefficient (Wildman–Crippen LogP) is 2.25. The van der Waals surface area contributed by atoms with Crippen LogP contribution in [0.3, 0.4) is 0 Å². The number of aryl methyl sites for hydroxylation is 2. The molecule has 0 fully saturated rings. The molecule has 1 aromatic heterocycles. The molecule has 6 heteroatoms. The molecule has 0 aliphatic rings. The van der Waals surface area contributed by atoms with Crippen molar-refractivity contribution >= 4 is 21.1 Å². The number of hydrogen-bond donors (Lipinski definition) is 0. The van der Waals surface area contributed by atoms with Crippen LogP contribution in [-0.2, 0) is 10.0 Å². The summed E-state index contributed by atoms with van der Waals surface area (Å²) >= 11 is 0. The quantitative estimate of drug-likeness (QED) is 0.727. The molecule has 22 heavy (non-hydrogen) atoms. The van der Waals surface area contributed by atoms with E-state index in [2.05, 4.69) is 4.98 Å². The van der Waals surface area contributed by atoms with Gasteiger partial charge in [-0.15, -0.1) is 0 Å². The van der Waals surface area contributed by atoms with Gasteiger partial charge in [-0.3, -0.25) is 4.79 Å². The second kappa shape index (κ2) is 5.06. The van der Waals surface area contributed by atoms with E-state index >= 15 is 0 Å². The van der Waals surface area contributed by atoms with Gasteiger partial charge < -0.3 is 0 Å². The van der Waals surface area contributed by atoms with Crippen molar-refractivity contribution in [3.05, 3.63) is 70.1 Å². The highest BCUT2D eigenvalue weighted by molar-refractivity contribution is 7.90. The molecule has 0 atom stereocenters. The Morgan fingerprint density at radius 1 is 0.955 bits per heavy atom. The van der Waals surface area contributed by atoms with Crippen molar-refractivity contribution in [1.82, 2.24) is 8.96 Å². The molecule has 3 aromatic rings. The van der Waals surface area contributed by atoms with Gasteiger partial charge in [-0.2, -0.15) is 3.97 Å². The molecule has 112 valence electrons. The molecule has 0 saturated heterocycles. The van der Waals surface area contributed by atoms with E-state index in [0.29, 0.717) is 5.52 Å². The monoisotopic (exact) mass is 314 g/mol. The van der Waals surface area contributed by atoms with Gasteiger partial charge in [0.05, 0.1) is 15.9 Å². The van der Waals surface area contributed by atoms with E-state index < -0.39 is 15.6 Å². The lowest BCUT2D eigenvalue weighted by molar-refractivity contribution is 0.586. The third kappa shape index (κ3) is 2.21. The first kappa shape index (κ1) is 14.5. The fourth-order valence-electron chi connectivity index (χ4n) is 2.27. The molecule has 0 aliphatic carbocycles. The minimum absolute atomic E-state index is 0.0796. The van der Waals surface area contributed by atoms with Crippen LogP contribution in [0.1, 0.15) is 11.3 Å². The summed E-state index contributed by atoms with van der Waals surface area (Å²) in [6.45, 7) is 3.38. The van der Waals surface area contributed by atoms with Gasteiger partial charge in [0.25, 0.3) is 15.6 Å². The fraction of sp³-hybridized carbons (Fsp3) is 0.125. The Labute approximate surface area is 127 Å². The van der Waals surface area contributed by atoms with E-state index in [1.165, 1.54) is 19.1 Å². The molecule has 2 aromatic carbocycles. The zero-order chi connectivity index (χ0) is 15.9. The van der Waals surface area contributed by atoms with Crippen LogP contribution < -0.4 is 5.56 Å². The van der Waals surface area contributed by atoms with Gasteiger partial charge in [-0.1, -0.05) is 29.8 Å². The molecule has 0 saturated carbocycles. The van der Waals surface area contributed by atoms with E-state index in [4.69, 9.17) is 0 Å². The van der Waals surface area contributed by atoms with Gasteiger partial charge in [0.15, 0.2) is 0 Å². The van der Waals surface area contributed by atoms with E-state index in [9.17, 15) is 13.2 Å². The normalized spacial score (nSPS) is 11.7. The molecule has 3 rings (SSSR count). The molecular formula is C16H14N2O3S. The lowest BCUT2D eigenvalue weighted by Gasteiger charge is -2.12. The summed E-state index contributed by atoms with van der Waals surface area (Å²) < 4.78 is 26.6. The van der Waals surface area contributed by atoms with Crippen molar-refractivity contribution in [1.29, 1.82) is 0 Å². The first-order chi connectivity index (χ1) is 10.4. The number of fused-ring (bicyclic) bond motifs is 1. The Morgan fingerprint density at radius 3 is 2.27 bits per heavy atom. The Bertz CT molecular complexity index is 1020. The first-order valence-electron chi connectivity index (χ1n) is 6.72. The van der Waals surface area contributed by atoms with Crippen LogP contribution >= 0.6 is 0 Å². The second-order valence-corrected chi connectivity index (χ2v) is 6.86. The van der Waals surface area contributed by atoms with Crippen molar-refractivity contribution in [2.75, 3.05) is 0 Å². The minimum atomic E-state index is -3.97. The Kier molecular flexibility index (Phi) is 3.33. The number of benzene rings is 2. The standard InChI is InChI=1S/C16H14N2O3S/c1-11-7-9-13(10-8-11)22(20,21)18-15-6-4-3-5-14(15)17-12(2)16(18)19/h3-10H,1-2H3. The van der Waals surface area contributed by atoms with Gasteiger partial charge in [-0.05, 0) is 38.1 Å². The highest BCUT2D eigenvalue weighted by atomic mass is 32.2. The van der Waals surface area contributed by atoms with Crippen molar-refractivity contribution in [3.8, 4) is 0 Å². The van der Waals surface area contributed by atoms with Gasteiger partial charge in [-0.25, -0.2) is 13.4 Å². The Hall–Kier alpha value is -2.47. The molecule has 0 amide bonds. The lowest BCUT2D eigenvalue weighted by Crippen LogP contribution is -2.30. The summed E-state index contributed by atoms with van der Waals surface area (Å²) in [6, 6.07) is 13.1. The average molecular weight is 314 g/mol. The summed E-state index contributed by atoms with van der Waals surface area (Å²) in [5, 5.41) is 0. The zero-order valence-electron chi connectivity index (χ0n) is 12.1. The van der Waals surface area contributed by atoms with Crippen LogP contribution in [0, 0.1) is 13.8 Å². The fourth-order valence-corrected chi connectivity index (χ4v) is 3.72. The topological polar surface area (TPSA) is 69.0 Å². The molecule has 0 bridgehead atoms. The van der Waals surface area contributed by atoms with E-state index in [1.54, 1.807) is 36.4 Å². The molecule has 1 heterocycles. The summed E-state index contributed by atoms with van der Waals surface area (Å²) in [6.07, 6.45) is 0. The van der Waals surface area contributed by atoms with Crippen molar-refractivity contribution < 1.29 is 8.42 Å². The summed E-state index contributed by atoms with van der Waals surface area (Å²) in [7, 11) is -3.97. The third-order valence-electron chi connectivity index (χ3n) is 3.44. The summed E-state index contributed by atoms with van der Waals surface area (Å²) in [5.41, 5.74) is 1.21. The Morgan fingerprint density at radius 2 is 1.59 bits per heavy atom. The molecule has 5 nitrogen and oxygen atoms in total. The van der Waals surface area contributed by atoms with Gasteiger partial charge in [0, 0.05) is 0 Å². The van der Waals surface area contributed by atoms with Crippen molar-refractivity contribution in [2.24, 2.45) is 0 Å². The average Bonchev–Trinajstić information content (AvgIpc) is 2.48. The van der Waals surface area contributed by atoms with Crippen LogP contribution in [0.5, 0.6) is 0 Å². The number of para-hydroxylation sites is 2. The highest BCUT2D eigenvalue weighted by Crippen LogP contribution is 2.18. The van der Waals surface area contributed by atoms with Crippen LogP contribution in [-0.4, -0.2) is 17.4 Å². The minimum Gasteiger partial charge on any atom is -0.266 e. The third-order valence-corrected chi connectivity index (χ3v) is 5.15. The number of hydrogen-bond acceptors (Lipinski definition) is 4. The number of nitrogens with zero attached hydrogens (tertiary/aromatic N) is 2. The molecule has 0 N–H and O–H groups in total. The van der Waals surface area contributed by atoms with Gasteiger partial charge in [0.1, 0.15) is 5.69 Å². The van der Waals surface area contributed by atoms with Gasteiger partial charge >= 0.3 is 0 Å². The van der Waals surface area contributed by atoms with Crippen LogP contribution in [0.25, 0.3) is 11.0 Å². The van der Waals surface area contributed by atoms with Crippen molar-refractivity contribution in [3.63, 3.8) is 0 Å². The second-order valence-electron chi connectivity index (χ2n) is 5.07. The molecule has 0 radical (unpaired) electrons. The molecular weight excluding hydrogens is 300 g/mol. The maximum absolute atomic E-state index is 12.9. The van der Waals surface area contributed by atoms with E-state index in [1.807, 2.05) is 6.92 Å². The van der Waals surface area contributed by atoms with Crippen molar-refractivity contribution in [2.45, 2.75) is 18.7 Å². The smallest absolute Gasteiger partial charge is 0.266 e. The molecule has 0 spiro atoms. The van der Waals surface area contributed by atoms with E-state index in [-0.39, 0.29) is 16.1 Å². The van der Waals surface area contributed by atoms with Crippen LogP contribution in [0.4, 0.5) is 0 Å². The largest absolute Gasteiger partial charge is 0.286 e. The molecule has 0 unspecified atom stereocenters. The summed E-state index contributed by atoms with van der Waals surface area (Å²) in [5.74, 6) is 0. The maximum atomic E-state index is 12.9. The van der Waals surface area contributed by atoms with Crippen LogP contribution in [0.15, 0.2) is 58.2 Å². The highest BCUT2D eigenvalue weighted by Gasteiger charge is 2.22. The SMILES string of the molecule is Cc1ccc(S(=O)(=O)n2c(=O)c(C)nc3ccccc32)cc1. The zero-order valence-corrected chi connectivity index (χ0v) is 13.0. The maximum Gasteiger partial charge on any atom is 0.286 e. The molecule has 0 aliphatic heterocycles. The number of aromatic nitrogens is 2. The van der Waals surface area contributed by atoms with Crippen LogP contribution in [0.2, 0.25) is 0 Å². The summed E-state index contributed by atoms with van der Waals surface area (Å²) in [4.78, 5) is 16.6. The lowest BCUT2D eigenvalue weighted by atomic mass is 10.2. The Balaban J connectivity index is 2.41. The first-order valence-corrected chi connectivity index (χ1v) is 8.16. The van der Waals surface area contributed by atoms with Gasteiger partial charge in [0.2, 0.25) is 0 Å². The predicted molar refractivity (Wildman–Crippen MR) is 84.5 cm³/mol. The van der Waals surface area contributed by atoms with E-state index in [0.717, 1.165) is 9.54 Å².